The summed E-state index contributed by atoms with van der Waals surface area (Å²) >= 11 is 4.16. The summed E-state index contributed by atoms with van der Waals surface area (Å²) in [5.41, 5.74) is 3.52. The van der Waals surface area contributed by atoms with Gasteiger partial charge in [-0.1, -0.05) is 0 Å². The number of hydrogen-bond acceptors (Lipinski definition) is 3. The van der Waals surface area contributed by atoms with E-state index in [1.165, 1.54) is 5.56 Å². The number of nitrogens with one attached hydrogen (secondary N) is 1. The van der Waals surface area contributed by atoms with Gasteiger partial charge >= 0.3 is 0 Å². The van der Waals surface area contributed by atoms with Gasteiger partial charge in [0.2, 0.25) is 0 Å². The van der Waals surface area contributed by atoms with E-state index >= 15 is 0 Å². The van der Waals surface area contributed by atoms with Crippen LogP contribution >= 0.6 is 12.6 Å². The van der Waals surface area contributed by atoms with E-state index in [0.29, 0.717) is 0 Å². The molecule has 0 aliphatic heterocycles. The normalized spacial score (nSPS) is 10.0. The van der Waals surface area contributed by atoms with Crippen molar-refractivity contribution < 1.29 is 4.74 Å². The molecule has 1 N–H and O–H groups in total. The first-order valence-corrected chi connectivity index (χ1v) is 5.32. The number of anilines is 1. The second-order valence-electron chi connectivity index (χ2n) is 3.29. The highest BCUT2D eigenvalue weighted by Gasteiger charge is 2.03. The summed E-state index contributed by atoms with van der Waals surface area (Å²) in [6.07, 6.45) is 0. The smallest absolute Gasteiger partial charge is 0.122 e. The van der Waals surface area contributed by atoms with Gasteiger partial charge in [0, 0.05) is 18.0 Å². The van der Waals surface area contributed by atoms with E-state index in [0.717, 1.165) is 29.3 Å². The third kappa shape index (κ3) is 2.58. The van der Waals surface area contributed by atoms with Gasteiger partial charge in [-0.05, 0) is 37.1 Å². The van der Waals surface area contributed by atoms with Crippen LogP contribution in [0, 0.1) is 13.8 Å². The van der Waals surface area contributed by atoms with Gasteiger partial charge in [0.05, 0.1) is 7.11 Å². The van der Waals surface area contributed by atoms with E-state index in [2.05, 4.69) is 37.0 Å². The van der Waals surface area contributed by atoms with Crippen LogP contribution in [0.4, 0.5) is 5.69 Å². The molecule has 1 rings (SSSR count). The molecule has 0 amide bonds. The number of rotatable bonds is 4. The van der Waals surface area contributed by atoms with Gasteiger partial charge in [-0.15, -0.1) is 0 Å². The molecule has 0 radical (unpaired) electrons. The molecule has 0 saturated carbocycles. The molecule has 1 aromatic carbocycles. The van der Waals surface area contributed by atoms with E-state index in [9.17, 15) is 0 Å². The molecule has 0 aromatic heterocycles. The summed E-state index contributed by atoms with van der Waals surface area (Å²) in [7, 11) is 1.70. The molecular weight excluding hydrogens is 194 g/mol. The Morgan fingerprint density at radius 3 is 2.57 bits per heavy atom. The molecule has 0 saturated heterocycles. The fraction of sp³-hybridized carbons (Fsp3) is 0.455. The van der Waals surface area contributed by atoms with Gasteiger partial charge in [-0.3, -0.25) is 0 Å². The van der Waals surface area contributed by atoms with E-state index < -0.39 is 0 Å². The van der Waals surface area contributed by atoms with Crippen LogP contribution in [0.25, 0.3) is 0 Å². The van der Waals surface area contributed by atoms with Gasteiger partial charge in [0.1, 0.15) is 5.75 Å². The number of aryl methyl sites for hydroxylation is 2. The van der Waals surface area contributed by atoms with E-state index in [1.54, 1.807) is 7.11 Å². The molecule has 78 valence electrons. The fourth-order valence-corrected chi connectivity index (χ4v) is 1.50. The molecule has 0 aliphatic rings. The lowest BCUT2D eigenvalue weighted by molar-refractivity contribution is 0.411. The predicted molar refractivity (Wildman–Crippen MR) is 64.8 cm³/mol. The van der Waals surface area contributed by atoms with Crippen LogP contribution in [-0.2, 0) is 0 Å². The molecule has 0 fully saturated rings. The third-order valence-electron chi connectivity index (χ3n) is 2.17. The molecule has 2 nitrogen and oxygen atoms in total. The summed E-state index contributed by atoms with van der Waals surface area (Å²) in [4.78, 5) is 0. The van der Waals surface area contributed by atoms with Crippen LogP contribution in [0.1, 0.15) is 11.1 Å². The molecule has 0 aliphatic carbocycles. The maximum absolute atomic E-state index is 5.24. The van der Waals surface area contributed by atoms with Crippen LogP contribution in [0.15, 0.2) is 12.1 Å². The second-order valence-corrected chi connectivity index (χ2v) is 3.73. The van der Waals surface area contributed by atoms with Crippen LogP contribution < -0.4 is 10.1 Å². The van der Waals surface area contributed by atoms with Crippen LogP contribution in [-0.4, -0.2) is 19.4 Å². The minimum atomic E-state index is 0.838. The first kappa shape index (κ1) is 11.2. The number of hydrogen-bond donors (Lipinski definition) is 2. The second kappa shape index (κ2) is 5.15. The topological polar surface area (TPSA) is 21.3 Å². The summed E-state index contributed by atoms with van der Waals surface area (Å²) < 4.78 is 5.24. The van der Waals surface area contributed by atoms with Crippen molar-refractivity contribution in [1.29, 1.82) is 0 Å². The number of ether oxygens (including phenoxy) is 1. The molecule has 0 atom stereocenters. The lowest BCUT2D eigenvalue weighted by Crippen LogP contribution is -2.04. The highest BCUT2D eigenvalue weighted by molar-refractivity contribution is 7.80. The molecular formula is C11H17NOS. The Kier molecular flexibility index (Phi) is 4.14. The van der Waals surface area contributed by atoms with Crippen molar-refractivity contribution in [2.24, 2.45) is 0 Å². The van der Waals surface area contributed by atoms with Gasteiger partial charge in [0.25, 0.3) is 0 Å². The van der Waals surface area contributed by atoms with Gasteiger partial charge in [-0.25, -0.2) is 0 Å². The van der Waals surface area contributed by atoms with Crippen LogP contribution in [0.3, 0.4) is 0 Å². The number of methoxy groups -OCH3 is 1. The minimum Gasteiger partial charge on any atom is -0.496 e. The van der Waals surface area contributed by atoms with Crippen molar-refractivity contribution in [3.63, 3.8) is 0 Å². The molecule has 3 heteroatoms. The molecule has 0 spiro atoms. The maximum atomic E-state index is 5.24. The van der Waals surface area contributed by atoms with Crippen molar-refractivity contribution in [3.8, 4) is 5.75 Å². The van der Waals surface area contributed by atoms with E-state index in [4.69, 9.17) is 4.74 Å². The lowest BCUT2D eigenvalue weighted by atomic mass is 10.1. The predicted octanol–water partition coefficient (Wildman–Crippen LogP) is 2.65. The molecule has 1 aromatic rings. The SMILES string of the molecule is COc1cc(C)c(NCCS)cc1C. The van der Waals surface area contributed by atoms with Crippen molar-refractivity contribution in [3.05, 3.63) is 23.3 Å². The van der Waals surface area contributed by atoms with Crippen LogP contribution in [0.5, 0.6) is 5.75 Å². The average Bonchev–Trinajstić information content (AvgIpc) is 2.18. The Morgan fingerprint density at radius 2 is 2.00 bits per heavy atom. The van der Waals surface area contributed by atoms with Crippen molar-refractivity contribution in [2.75, 3.05) is 24.7 Å². The summed E-state index contributed by atoms with van der Waals surface area (Å²) in [5, 5.41) is 3.32. The first-order valence-electron chi connectivity index (χ1n) is 4.69. The Balaban J connectivity index is 2.90. The summed E-state index contributed by atoms with van der Waals surface area (Å²) in [5.74, 6) is 1.78. The van der Waals surface area contributed by atoms with Crippen LogP contribution in [0.2, 0.25) is 0 Å². The highest BCUT2D eigenvalue weighted by Crippen LogP contribution is 2.25. The maximum Gasteiger partial charge on any atom is 0.122 e. The fourth-order valence-electron chi connectivity index (χ4n) is 1.39. The zero-order valence-electron chi connectivity index (χ0n) is 8.92. The van der Waals surface area contributed by atoms with Gasteiger partial charge < -0.3 is 10.1 Å². The Labute approximate surface area is 91.1 Å². The third-order valence-corrected chi connectivity index (χ3v) is 2.39. The Bertz CT molecular complexity index is 312. The van der Waals surface area contributed by atoms with Gasteiger partial charge in [0.15, 0.2) is 0 Å². The molecule has 0 unspecified atom stereocenters. The monoisotopic (exact) mass is 211 g/mol. The summed E-state index contributed by atoms with van der Waals surface area (Å²) in [6.45, 7) is 5.00. The summed E-state index contributed by atoms with van der Waals surface area (Å²) in [6, 6.07) is 4.16. The lowest BCUT2D eigenvalue weighted by Gasteiger charge is -2.12. The first-order chi connectivity index (χ1) is 6.69. The minimum absolute atomic E-state index is 0.838. The Morgan fingerprint density at radius 1 is 1.29 bits per heavy atom. The van der Waals surface area contributed by atoms with Crippen molar-refractivity contribution >= 4 is 18.3 Å². The van der Waals surface area contributed by atoms with E-state index in [1.807, 2.05) is 6.92 Å². The largest absolute Gasteiger partial charge is 0.496 e. The molecule has 0 heterocycles. The highest BCUT2D eigenvalue weighted by atomic mass is 32.1. The Hall–Kier alpha value is -0.830. The van der Waals surface area contributed by atoms with Gasteiger partial charge in [-0.2, -0.15) is 12.6 Å². The van der Waals surface area contributed by atoms with Crippen molar-refractivity contribution in [1.82, 2.24) is 0 Å². The zero-order chi connectivity index (χ0) is 10.6. The van der Waals surface area contributed by atoms with E-state index in [-0.39, 0.29) is 0 Å². The average molecular weight is 211 g/mol. The standard InChI is InChI=1S/C11H17NOS/c1-8-7-11(13-3)9(2)6-10(8)12-4-5-14/h6-7,12,14H,4-5H2,1-3H3. The quantitative estimate of drug-likeness (QED) is 0.747. The molecule has 14 heavy (non-hydrogen) atoms. The molecule has 0 bridgehead atoms. The number of thiol groups is 1. The van der Waals surface area contributed by atoms with Crippen molar-refractivity contribution in [2.45, 2.75) is 13.8 Å². The zero-order valence-corrected chi connectivity index (χ0v) is 9.82. The number of benzene rings is 1.